The predicted octanol–water partition coefficient (Wildman–Crippen LogP) is 1.83. The molecule has 0 aliphatic heterocycles. The average molecular weight is 292 g/mol. The van der Waals surface area contributed by atoms with Crippen LogP contribution in [0.3, 0.4) is 0 Å². The molecule has 118 valence electrons. The molecule has 1 aromatic rings. The van der Waals surface area contributed by atoms with Gasteiger partial charge in [0.05, 0.1) is 5.69 Å². The van der Waals surface area contributed by atoms with Crippen molar-refractivity contribution in [3.63, 3.8) is 0 Å². The number of rotatable bonds is 5. The Morgan fingerprint density at radius 1 is 1.43 bits per heavy atom. The second-order valence-corrected chi connectivity index (χ2v) is 6.38. The van der Waals surface area contributed by atoms with Gasteiger partial charge in [-0.25, -0.2) is 0 Å². The van der Waals surface area contributed by atoms with Gasteiger partial charge in [0.15, 0.2) is 0 Å². The quantitative estimate of drug-likeness (QED) is 0.901. The minimum atomic E-state index is 0.0142. The molecule has 5 heteroatoms. The van der Waals surface area contributed by atoms with E-state index in [2.05, 4.69) is 36.3 Å². The normalized spacial score (nSPS) is 22.5. The third-order valence-corrected chi connectivity index (χ3v) is 4.35. The number of carbonyl (C=O) groups excluding carboxylic acids is 1. The highest BCUT2D eigenvalue weighted by atomic mass is 16.2. The van der Waals surface area contributed by atoms with Crippen molar-refractivity contribution >= 4 is 5.91 Å². The van der Waals surface area contributed by atoms with E-state index in [0.29, 0.717) is 11.6 Å². The summed E-state index contributed by atoms with van der Waals surface area (Å²) < 4.78 is 1.69. The lowest BCUT2D eigenvalue weighted by molar-refractivity contribution is 0.0886. The summed E-state index contributed by atoms with van der Waals surface area (Å²) in [5.41, 5.74) is 1.64. The van der Waals surface area contributed by atoms with Gasteiger partial charge < -0.3 is 10.2 Å². The van der Waals surface area contributed by atoms with Crippen molar-refractivity contribution in [3.05, 3.63) is 17.5 Å². The van der Waals surface area contributed by atoms with Gasteiger partial charge in [0, 0.05) is 19.6 Å². The average Bonchev–Trinajstić information content (AvgIpc) is 2.82. The maximum atomic E-state index is 12.5. The van der Waals surface area contributed by atoms with E-state index < -0.39 is 0 Å². The molecule has 0 aromatic carbocycles. The molecule has 1 aliphatic carbocycles. The molecular formula is C16H28N4O. The summed E-state index contributed by atoms with van der Waals surface area (Å²) in [6.07, 6.45) is 5.63. The van der Waals surface area contributed by atoms with Crippen LogP contribution in [0.1, 0.15) is 48.8 Å². The van der Waals surface area contributed by atoms with Crippen molar-refractivity contribution in [1.29, 1.82) is 0 Å². The number of nitrogens with one attached hydrogen (secondary N) is 1. The zero-order valence-electron chi connectivity index (χ0n) is 13.7. The second kappa shape index (κ2) is 7.07. The molecule has 0 spiro atoms. The first-order valence-corrected chi connectivity index (χ1v) is 7.99. The highest BCUT2D eigenvalue weighted by Gasteiger charge is 2.27. The number of hydrogen-bond acceptors (Lipinski definition) is 3. The molecule has 2 unspecified atom stereocenters. The number of aryl methyl sites for hydroxylation is 2. The van der Waals surface area contributed by atoms with Gasteiger partial charge in [-0.15, -0.1) is 0 Å². The highest BCUT2D eigenvalue weighted by Crippen LogP contribution is 2.25. The summed E-state index contributed by atoms with van der Waals surface area (Å²) in [6.45, 7) is 3.09. The minimum absolute atomic E-state index is 0.0142. The first kappa shape index (κ1) is 16.0. The van der Waals surface area contributed by atoms with Crippen LogP contribution in [0.5, 0.6) is 0 Å². The molecule has 2 atom stereocenters. The summed E-state index contributed by atoms with van der Waals surface area (Å²) in [5.74, 6) is 0.567. The molecule has 1 aliphatic rings. The Balaban J connectivity index is 2.04. The van der Waals surface area contributed by atoms with Gasteiger partial charge in [0.1, 0.15) is 5.69 Å². The first-order chi connectivity index (χ1) is 10.0. The summed E-state index contributed by atoms with van der Waals surface area (Å²) in [6, 6.07) is 2.19. The molecule has 1 aromatic heterocycles. The summed E-state index contributed by atoms with van der Waals surface area (Å²) >= 11 is 0. The van der Waals surface area contributed by atoms with Gasteiger partial charge in [-0.1, -0.05) is 19.8 Å². The molecule has 0 saturated heterocycles. The smallest absolute Gasteiger partial charge is 0.269 e. The number of carbonyl (C=O) groups is 1. The van der Waals surface area contributed by atoms with Crippen molar-refractivity contribution in [2.75, 3.05) is 20.6 Å². The fourth-order valence-corrected chi connectivity index (χ4v) is 3.24. The van der Waals surface area contributed by atoms with E-state index in [1.54, 1.807) is 4.68 Å². The summed E-state index contributed by atoms with van der Waals surface area (Å²) in [4.78, 5) is 14.7. The third kappa shape index (κ3) is 4.06. The Bertz CT molecular complexity index is 481. The fraction of sp³-hybridized carbons (Fsp3) is 0.750. The Kier molecular flexibility index (Phi) is 5.39. The predicted molar refractivity (Wildman–Crippen MR) is 84.4 cm³/mol. The zero-order valence-corrected chi connectivity index (χ0v) is 13.7. The van der Waals surface area contributed by atoms with E-state index in [-0.39, 0.29) is 11.9 Å². The molecule has 1 fully saturated rings. The number of nitrogens with zero attached hydrogens (tertiary/aromatic N) is 3. The Morgan fingerprint density at radius 3 is 2.76 bits per heavy atom. The van der Waals surface area contributed by atoms with Crippen LogP contribution in [0.2, 0.25) is 0 Å². The van der Waals surface area contributed by atoms with Crippen LogP contribution in [0.4, 0.5) is 0 Å². The van der Waals surface area contributed by atoms with Crippen LogP contribution >= 0.6 is 0 Å². The van der Waals surface area contributed by atoms with Crippen LogP contribution < -0.4 is 5.32 Å². The fourth-order valence-electron chi connectivity index (χ4n) is 3.24. The van der Waals surface area contributed by atoms with E-state index in [9.17, 15) is 4.79 Å². The Morgan fingerprint density at radius 2 is 2.14 bits per heavy atom. The Labute approximate surface area is 127 Å². The molecule has 1 N–H and O–H groups in total. The van der Waals surface area contributed by atoms with E-state index in [1.165, 1.54) is 19.3 Å². The van der Waals surface area contributed by atoms with E-state index in [1.807, 2.05) is 13.1 Å². The third-order valence-electron chi connectivity index (χ3n) is 4.35. The first-order valence-electron chi connectivity index (χ1n) is 7.99. The lowest BCUT2D eigenvalue weighted by Gasteiger charge is -2.33. The Hall–Kier alpha value is -1.36. The van der Waals surface area contributed by atoms with Crippen molar-refractivity contribution < 1.29 is 4.79 Å². The zero-order chi connectivity index (χ0) is 15.4. The molecule has 2 rings (SSSR count). The monoisotopic (exact) mass is 292 g/mol. The van der Waals surface area contributed by atoms with E-state index in [4.69, 9.17) is 0 Å². The number of hydrogen-bond donors (Lipinski definition) is 1. The number of amides is 1. The van der Waals surface area contributed by atoms with Gasteiger partial charge in [0.2, 0.25) is 0 Å². The minimum Gasteiger partial charge on any atom is -0.348 e. The molecule has 0 radical (unpaired) electrons. The van der Waals surface area contributed by atoms with Gasteiger partial charge >= 0.3 is 0 Å². The van der Waals surface area contributed by atoms with Crippen LogP contribution in [0.25, 0.3) is 0 Å². The molecule has 1 amide bonds. The second-order valence-electron chi connectivity index (χ2n) is 6.38. The topological polar surface area (TPSA) is 50.2 Å². The van der Waals surface area contributed by atoms with E-state index in [0.717, 1.165) is 25.1 Å². The van der Waals surface area contributed by atoms with Crippen LogP contribution in [0, 0.1) is 5.92 Å². The van der Waals surface area contributed by atoms with Crippen molar-refractivity contribution in [2.45, 2.75) is 45.1 Å². The standard InChI is InChI=1S/C16H28N4O/c1-5-13-10-15(20(4)18-13)16(21)17-14-9-7-6-8-12(14)11-19(2)3/h10,12,14H,5-9,11H2,1-4H3,(H,17,21). The molecular weight excluding hydrogens is 264 g/mol. The molecule has 1 heterocycles. The van der Waals surface area contributed by atoms with Crippen LogP contribution in [0.15, 0.2) is 6.07 Å². The lowest BCUT2D eigenvalue weighted by Crippen LogP contribution is -2.45. The van der Waals surface area contributed by atoms with Gasteiger partial charge in [0.25, 0.3) is 5.91 Å². The molecule has 1 saturated carbocycles. The van der Waals surface area contributed by atoms with Crippen LogP contribution in [-0.4, -0.2) is 47.3 Å². The van der Waals surface area contributed by atoms with Gasteiger partial charge in [-0.2, -0.15) is 5.10 Å². The van der Waals surface area contributed by atoms with Gasteiger partial charge in [-0.3, -0.25) is 9.48 Å². The highest BCUT2D eigenvalue weighted by molar-refractivity contribution is 5.92. The summed E-state index contributed by atoms with van der Waals surface area (Å²) in [5, 5.41) is 7.60. The molecule has 21 heavy (non-hydrogen) atoms. The maximum Gasteiger partial charge on any atom is 0.269 e. The van der Waals surface area contributed by atoms with Crippen molar-refractivity contribution in [2.24, 2.45) is 13.0 Å². The van der Waals surface area contributed by atoms with E-state index >= 15 is 0 Å². The largest absolute Gasteiger partial charge is 0.348 e. The number of aromatic nitrogens is 2. The van der Waals surface area contributed by atoms with Crippen molar-refractivity contribution in [3.8, 4) is 0 Å². The van der Waals surface area contributed by atoms with Gasteiger partial charge in [-0.05, 0) is 45.3 Å². The summed E-state index contributed by atoms with van der Waals surface area (Å²) in [7, 11) is 6.04. The van der Waals surface area contributed by atoms with Crippen LogP contribution in [-0.2, 0) is 13.5 Å². The maximum absolute atomic E-state index is 12.5. The van der Waals surface area contributed by atoms with Crippen molar-refractivity contribution in [1.82, 2.24) is 20.0 Å². The lowest BCUT2D eigenvalue weighted by atomic mass is 9.84. The molecule has 0 bridgehead atoms. The molecule has 5 nitrogen and oxygen atoms in total. The SMILES string of the molecule is CCc1cc(C(=O)NC2CCCCC2CN(C)C)n(C)n1.